The highest BCUT2D eigenvalue weighted by atomic mass is 16.2. The van der Waals surface area contributed by atoms with Crippen LogP contribution in [0.1, 0.15) is 40.9 Å². The average molecular weight is 426 g/mol. The Labute approximate surface area is 185 Å². The van der Waals surface area contributed by atoms with Gasteiger partial charge >= 0.3 is 0 Å². The molecule has 1 aromatic heterocycles. The Kier molecular flexibility index (Phi) is 6.07. The van der Waals surface area contributed by atoms with Gasteiger partial charge in [-0.15, -0.1) is 0 Å². The smallest absolute Gasteiger partial charge is 0.256 e. The molecule has 32 heavy (non-hydrogen) atoms. The van der Waals surface area contributed by atoms with Crippen molar-refractivity contribution in [2.24, 2.45) is 0 Å². The van der Waals surface area contributed by atoms with E-state index in [1.54, 1.807) is 59.8 Å². The fourth-order valence-electron chi connectivity index (χ4n) is 3.66. The lowest BCUT2D eigenvalue weighted by atomic mass is 9.93. The minimum atomic E-state index is -0.399. The number of aromatic nitrogens is 1. The first-order valence-corrected chi connectivity index (χ1v) is 10.2. The number of anilines is 2. The minimum absolute atomic E-state index is 0.0886. The quantitative estimate of drug-likeness (QED) is 0.639. The lowest BCUT2D eigenvalue weighted by Gasteiger charge is -2.32. The highest BCUT2D eigenvalue weighted by Crippen LogP contribution is 2.33. The van der Waals surface area contributed by atoms with E-state index < -0.39 is 6.04 Å². The summed E-state index contributed by atoms with van der Waals surface area (Å²) < 4.78 is 0. The summed E-state index contributed by atoms with van der Waals surface area (Å²) in [5.74, 6) is -0.274. The van der Waals surface area contributed by atoms with Crippen molar-refractivity contribution >= 4 is 35.3 Å². The molecule has 2 heterocycles. The van der Waals surface area contributed by atoms with Crippen molar-refractivity contribution in [3.05, 3.63) is 95.8 Å². The maximum Gasteiger partial charge on any atom is 0.256 e. The number of nitrogens with one attached hydrogen (secondary N) is 2. The van der Waals surface area contributed by atoms with Gasteiger partial charge in [-0.2, -0.15) is 0 Å². The lowest BCUT2D eigenvalue weighted by Crippen LogP contribution is -2.33. The predicted octanol–water partition coefficient (Wildman–Crippen LogP) is 4.24. The van der Waals surface area contributed by atoms with Crippen LogP contribution in [0.15, 0.2) is 79.1 Å². The number of hydrogen-bond donors (Lipinski definition) is 2. The number of pyridine rings is 1. The van der Waals surface area contributed by atoms with E-state index in [1.807, 2.05) is 30.3 Å². The summed E-state index contributed by atoms with van der Waals surface area (Å²) in [6.07, 6.45) is 5.26. The third-order valence-electron chi connectivity index (χ3n) is 5.16. The Morgan fingerprint density at radius 2 is 1.78 bits per heavy atom. The third kappa shape index (κ3) is 4.73. The zero-order chi connectivity index (χ0) is 22.5. The molecule has 0 fully saturated rings. The van der Waals surface area contributed by atoms with E-state index >= 15 is 0 Å². The van der Waals surface area contributed by atoms with Gasteiger partial charge < -0.3 is 15.5 Å². The standard InChI is InChI=1S/C25H22N4O3/c1-17(30)29-14-12-18-7-2-3-10-21(18)22(29)16-24(31)27-20-9-6-8-19(15-20)25(32)28-23-11-4-5-13-26-23/h2-15,22H,16H2,1H3,(H,27,31)(H,26,28,32). The van der Waals surface area contributed by atoms with E-state index in [4.69, 9.17) is 0 Å². The number of carbonyl (C=O) groups excluding carboxylic acids is 3. The van der Waals surface area contributed by atoms with Crippen LogP contribution in [0, 0.1) is 0 Å². The van der Waals surface area contributed by atoms with Crippen LogP contribution in [-0.2, 0) is 9.59 Å². The van der Waals surface area contributed by atoms with E-state index in [1.165, 1.54) is 6.92 Å². The summed E-state index contributed by atoms with van der Waals surface area (Å²) in [7, 11) is 0. The molecular weight excluding hydrogens is 404 g/mol. The molecule has 7 heteroatoms. The van der Waals surface area contributed by atoms with E-state index in [2.05, 4.69) is 15.6 Å². The summed E-state index contributed by atoms with van der Waals surface area (Å²) in [6, 6.07) is 19.2. The molecule has 2 N–H and O–H groups in total. The van der Waals surface area contributed by atoms with E-state index in [0.29, 0.717) is 17.1 Å². The molecule has 1 atom stereocenters. The fourth-order valence-corrected chi connectivity index (χ4v) is 3.66. The van der Waals surface area contributed by atoms with Gasteiger partial charge in [0.25, 0.3) is 5.91 Å². The average Bonchev–Trinajstić information content (AvgIpc) is 2.80. The molecular formula is C25H22N4O3. The Hall–Kier alpha value is -4.26. The van der Waals surface area contributed by atoms with E-state index in [9.17, 15) is 14.4 Å². The Balaban J connectivity index is 1.47. The molecule has 160 valence electrons. The first kappa shape index (κ1) is 21.0. The van der Waals surface area contributed by atoms with Crippen LogP contribution in [0.4, 0.5) is 11.5 Å². The normalized spacial score (nSPS) is 14.4. The maximum absolute atomic E-state index is 12.8. The molecule has 4 rings (SSSR count). The zero-order valence-corrected chi connectivity index (χ0v) is 17.5. The van der Waals surface area contributed by atoms with Gasteiger partial charge in [0.15, 0.2) is 0 Å². The molecule has 0 aliphatic carbocycles. The monoisotopic (exact) mass is 426 g/mol. The van der Waals surface area contributed by atoms with Gasteiger partial charge in [-0.05, 0) is 47.5 Å². The van der Waals surface area contributed by atoms with E-state index in [0.717, 1.165) is 11.1 Å². The van der Waals surface area contributed by atoms with Crippen LogP contribution in [0.2, 0.25) is 0 Å². The van der Waals surface area contributed by atoms with Gasteiger partial charge in [-0.25, -0.2) is 4.98 Å². The van der Waals surface area contributed by atoms with Gasteiger partial charge in [0.1, 0.15) is 5.82 Å². The van der Waals surface area contributed by atoms with Gasteiger partial charge in [0.05, 0.1) is 12.5 Å². The first-order valence-electron chi connectivity index (χ1n) is 10.2. The molecule has 2 aromatic carbocycles. The first-order chi connectivity index (χ1) is 15.5. The van der Waals surface area contributed by atoms with Crippen LogP contribution in [0.25, 0.3) is 6.08 Å². The van der Waals surface area contributed by atoms with Crippen molar-refractivity contribution in [2.75, 3.05) is 10.6 Å². The third-order valence-corrected chi connectivity index (χ3v) is 5.16. The summed E-state index contributed by atoms with van der Waals surface area (Å²) in [4.78, 5) is 43.1. The Morgan fingerprint density at radius 1 is 0.969 bits per heavy atom. The summed E-state index contributed by atoms with van der Waals surface area (Å²) >= 11 is 0. The molecule has 1 unspecified atom stereocenters. The molecule has 0 spiro atoms. The Morgan fingerprint density at radius 3 is 2.56 bits per heavy atom. The highest BCUT2D eigenvalue weighted by molar-refractivity contribution is 6.05. The van der Waals surface area contributed by atoms with E-state index in [-0.39, 0.29) is 24.1 Å². The number of fused-ring (bicyclic) bond motifs is 1. The van der Waals surface area contributed by atoms with Gasteiger partial charge in [0.2, 0.25) is 11.8 Å². The molecule has 0 saturated heterocycles. The highest BCUT2D eigenvalue weighted by Gasteiger charge is 2.28. The fraction of sp³-hybridized carbons (Fsp3) is 0.120. The summed E-state index contributed by atoms with van der Waals surface area (Å²) in [5.41, 5.74) is 2.79. The lowest BCUT2D eigenvalue weighted by molar-refractivity contribution is -0.129. The number of carbonyl (C=O) groups is 3. The molecule has 3 amide bonds. The van der Waals surface area contributed by atoms with Crippen LogP contribution in [-0.4, -0.2) is 27.6 Å². The van der Waals surface area contributed by atoms with Crippen molar-refractivity contribution in [1.29, 1.82) is 0 Å². The molecule has 0 saturated carbocycles. The topological polar surface area (TPSA) is 91.4 Å². The second-order valence-electron chi connectivity index (χ2n) is 7.39. The molecule has 3 aromatic rings. The summed E-state index contributed by atoms with van der Waals surface area (Å²) in [5, 5.41) is 5.56. The second-order valence-corrected chi connectivity index (χ2v) is 7.39. The van der Waals surface area contributed by atoms with Gasteiger partial charge in [-0.3, -0.25) is 14.4 Å². The number of rotatable bonds is 5. The summed E-state index contributed by atoms with van der Waals surface area (Å²) in [6.45, 7) is 1.48. The number of amides is 3. The molecule has 1 aliphatic heterocycles. The largest absolute Gasteiger partial charge is 0.326 e. The molecule has 0 bridgehead atoms. The zero-order valence-electron chi connectivity index (χ0n) is 17.5. The minimum Gasteiger partial charge on any atom is -0.326 e. The number of benzene rings is 2. The van der Waals surface area contributed by atoms with Crippen molar-refractivity contribution in [3.63, 3.8) is 0 Å². The van der Waals surface area contributed by atoms with Gasteiger partial charge in [-0.1, -0.05) is 36.4 Å². The molecule has 7 nitrogen and oxygen atoms in total. The van der Waals surface area contributed by atoms with Crippen molar-refractivity contribution < 1.29 is 14.4 Å². The number of hydrogen-bond acceptors (Lipinski definition) is 4. The van der Waals surface area contributed by atoms with Crippen LogP contribution >= 0.6 is 0 Å². The maximum atomic E-state index is 12.8. The van der Waals surface area contributed by atoms with Crippen LogP contribution in [0.3, 0.4) is 0 Å². The second kappa shape index (κ2) is 9.26. The SMILES string of the molecule is CC(=O)N1C=Cc2ccccc2C1CC(=O)Nc1cccc(C(=O)Nc2ccccn2)c1. The van der Waals surface area contributed by atoms with Crippen molar-refractivity contribution in [2.45, 2.75) is 19.4 Å². The van der Waals surface area contributed by atoms with Crippen molar-refractivity contribution in [3.8, 4) is 0 Å². The van der Waals surface area contributed by atoms with Crippen LogP contribution in [0.5, 0.6) is 0 Å². The van der Waals surface area contributed by atoms with Crippen molar-refractivity contribution in [1.82, 2.24) is 9.88 Å². The number of nitrogens with zero attached hydrogens (tertiary/aromatic N) is 2. The molecule has 0 radical (unpaired) electrons. The predicted molar refractivity (Wildman–Crippen MR) is 123 cm³/mol. The van der Waals surface area contributed by atoms with Gasteiger partial charge in [0, 0.05) is 30.6 Å². The molecule has 1 aliphatic rings. The Bertz CT molecular complexity index is 1190. The van der Waals surface area contributed by atoms with Crippen LogP contribution < -0.4 is 10.6 Å².